The lowest BCUT2D eigenvalue weighted by molar-refractivity contribution is 0.0307. The summed E-state index contributed by atoms with van der Waals surface area (Å²) in [7, 11) is 4.57. The second kappa shape index (κ2) is 38.7. The predicted octanol–water partition coefficient (Wildman–Crippen LogP) is 9.98. The van der Waals surface area contributed by atoms with Crippen molar-refractivity contribution in [3.8, 4) is 0 Å². The number of nitrogens with zero attached hydrogens (tertiary/aromatic N) is 3. The van der Waals surface area contributed by atoms with E-state index in [-0.39, 0.29) is 0 Å². The quantitative estimate of drug-likeness (QED) is 0.265. The highest BCUT2D eigenvalue weighted by atomic mass is 16.5. The number of nitrogens with one attached hydrogen (secondary N) is 1. The van der Waals surface area contributed by atoms with Crippen molar-refractivity contribution >= 4 is 0 Å². The van der Waals surface area contributed by atoms with E-state index in [1.165, 1.54) is 148 Å². The zero-order valence-corrected chi connectivity index (χ0v) is 35.9. The number of hydrogen-bond acceptors (Lipinski definition) is 8. The van der Waals surface area contributed by atoms with Gasteiger partial charge in [0.2, 0.25) is 0 Å². The Morgan fingerprint density at radius 2 is 0.870 bits per heavy atom. The van der Waals surface area contributed by atoms with Gasteiger partial charge in [0, 0.05) is 51.9 Å². The molecule has 1 heterocycles. The Morgan fingerprint density at radius 1 is 0.407 bits per heavy atom. The van der Waals surface area contributed by atoms with Crippen molar-refractivity contribution in [1.29, 1.82) is 0 Å². The number of likely N-dealkylation sites (N-methyl/N-ethyl adjacent to an activating group) is 2. The van der Waals surface area contributed by atoms with Gasteiger partial charge in [0.05, 0.1) is 39.6 Å². The smallest absolute Gasteiger partial charge is 0.117 e. The van der Waals surface area contributed by atoms with Crippen LogP contribution in [0.3, 0.4) is 0 Å². The van der Waals surface area contributed by atoms with Gasteiger partial charge in [-0.1, -0.05) is 121 Å². The molecule has 1 unspecified atom stereocenters. The first-order valence-electron chi connectivity index (χ1n) is 23.3. The topological polar surface area (TPSA) is 58.7 Å². The molecule has 0 saturated heterocycles. The molecule has 318 valence electrons. The van der Waals surface area contributed by atoms with E-state index in [1.54, 1.807) is 12.5 Å². The Labute approximate surface area is 335 Å². The van der Waals surface area contributed by atoms with Crippen molar-refractivity contribution in [2.24, 2.45) is 0 Å². The summed E-state index contributed by atoms with van der Waals surface area (Å²) in [6.07, 6.45) is 42.4. The van der Waals surface area contributed by atoms with Crippen molar-refractivity contribution < 1.29 is 18.9 Å². The van der Waals surface area contributed by atoms with E-state index in [1.807, 2.05) is 0 Å². The van der Waals surface area contributed by atoms with Crippen molar-refractivity contribution in [2.45, 2.75) is 167 Å². The summed E-state index contributed by atoms with van der Waals surface area (Å²) >= 11 is 0. The maximum absolute atomic E-state index is 6.18. The van der Waals surface area contributed by atoms with Crippen LogP contribution >= 0.6 is 0 Å². The molecule has 54 heavy (non-hydrogen) atoms. The minimum atomic E-state index is 0.623. The maximum atomic E-state index is 6.18. The molecule has 1 N–H and O–H groups in total. The Bertz CT molecular complexity index is 831. The molecular weight excluding hydrogens is 673 g/mol. The molecule has 0 aromatic heterocycles. The lowest BCUT2D eigenvalue weighted by Crippen LogP contribution is -2.43. The van der Waals surface area contributed by atoms with Crippen molar-refractivity contribution in [3.05, 3.63) is 24.7 Å². The summed E-state index contributed by atoms with van der Waals surface area (Å²) in [4.78, 5) is 7.83. The lowest BCUT2D eigenvalue weighted by atomic mass is 9.98. The lowest BCUT2D eigenvalue weighted by Gasteiger charge is -2.34. The van der Waals surface area contributed by atoms with Crippen molar-refractivity contribution in [2.75, 3.05) is 106 Å². The van der Waals surface area contributed by atoms with Crippen molar-refractivity contribution in [3.63, 3.8) is 0 Å². The Hall–Kier alpha value is -1.16. The Kier molecular flexibility index (Phi) is 35.1. The van der Waals surface area contributed by atoms with Crippen LogP contribution in [0.15, 0.2) is 24.7 Å². The minimum Gasteiger partial charge on any atom is -0.498 e. The van der Waals surface area contributed by atoms with Crippen LogP contribution in [0.25, 0.3) is 0 Å². The molecule has 0 aromatic rings. The van der Waals surface area contributed by atoms with Crippen LogP contribution in [0.2, 0.25) is 0 Å². The second-order valence-electron chi connectivity index (χ2n) is 16.3. The average molecular weight is 763 g/mol. The SMILES string of the molecule is CN1CCCCO/C=C\OCCNCCOCCOCCN(C2CCCCCCCCCCC/C=C/CCCCCCCCCCCC2)CCN(C)CC1. The highest BCUT2D eigenvalue weighted by molar-refractivity contribution is 4.81. The van der Waals surface area contributed by atoms with E-state index in [0.717, 1.165) is 78.4 Å². The van der Waals surface area contributed by atoms with Gasteiger partial charge in [-0.25, -0.2) is 0 Å². The maximum Gasteiger partial charge on any atom is 0.117 e. The predicted molar refractivity (Wildman–Crippen MR) is 230 cm³/mol. The molecule has 0 amide bonds. The van der Waals surface area contributed by atoms with Crippen LogP contribution in [0, 0.1) is 0 Å². The van der Waals surface area contributed by atoms with E-state index in [4.69, 9.17) is 18.9 Å². The molecule has 2 rings (SSSR count). The molecule has 1 aliphatic heterocycles. The highest BCUT2D eigenvalue weighted by Gasteiger charge is 2.19. The van der Waals surface area contributed by atoms with E-state index in [0.29, 0.717) is 32.5 Å². The van der Waals surface area contributed by atoms with Gasteiger partial charge in [-0.15, -0.1) is 0 Å². The summed E-state index contributed by atoms with van der Waals surface area (Å²) in [6.45, 7) is 12.3. The Morgan fingerprint density at radius 3 is 1.46 bits per heavy atom. The molecule has 2 aliphatic rings. The number of hydrogen-bond donors (Lipinski definition) is 1. The summed E-state index contributed by atoms with van der Waals surface area (Å²) in [6, 6.07) is 0.660. The summed E-state index contributed by atoms with van der Waals surface area (Å²) in [5, 5.41) is 3.37. The van der Waals surface area contributed by atoms with Crippen LogP contribution in [-0.4, -0.2) is 127 Å². The third-order valence-corrected chi connectivity index (χ3v) is 11.4. The van der Waals surface area contributed by atoms with Gasteiger partial charge in [0.1, 0.15) is 12.5 Å². The largest absolute Gasteiger partial charge is 0.498 e. The summed E-state index contributed by atoms with van der Waals surface area (Å²) in [5.74, 6) is 0. The summed E-state index contributed by atoms with van der Waals surface area (Å²) in [5.41, 5.74) is 0. The van der Waals surface area contributed by atoms with Gasteiger partial charge in [0.25, 0.3) is 0 Å². The van der Waals surface area contributed by atoms with Crippen LogP contribution in [-0.2, 0) is 18.9 Å². The standard InChI is InChI=1S/C46H90N4O4/c1-48-32-26-27-38-51-42-43-52-39-30-47-31-40-53-44-45-54-41-37-50(36-35-49(2)34-33-48)46-28-24-22-20-18-16-14-12-10-8-6-4-3-5-7-9-11-13-15-17-19-21-23-25-29-46/h3-4,42-43,46-47H,5-41,44-45H2,1-2H3/b4-3+,43-42-. The third kappa shape index (κ3) is 32.0. The fourth-order valence-electron chi connectivity index (χ4n) is 7.71. The Balaban J connectivity index is 1.92. The molecule has 0 fully saturated rings. The van der Waals surface area contributed by atoms with Crippen LogP contribution < -0.4 is 5.32 Å². The zero-order valence-electron chi connectivity index (χ0n) is 35.9. The monoisotopic (exact) mass is 763 g/mol. The van der Waals surface area contributed by atoms with Gasteiger partial charge >= 0.3 is 0 Å². The van der Waals surface area contributed by atoms with Gasteiger partial charge in [-0.3, -0.25) is 4.90 Å². The molecule has 0 bridgehead atoms. The zero-order chi connectivity index (χ0) is 38.3. The molecule has 8 heteroatoms. The number of allylic oxidation sites excluding steroid dienone is 2. The molecule has 0 spiro atoms. The summed E-state index contributed by atoms with van der Waals surface area (Å²) < 4.78 is 23.2. The van der Waals surface area contributed by atoms with Crippen molar-refractivity contribution in [1.82, 2.24) is 20.0 Å². The van der Waals surface area contributed by atoms with Gasteiger partial charge < -0.3 is 34.1 Å². The van der Waals surface area contributed by atoms with Gasteiger partial charge in [0.15, 0.2) is 0 Å². The molecule has 0 saturated carbocycles. The molecule has 0 aromatic carbocycles. The van der Waals surface area contributed by atoms with Crippen LogP contribution in [0.4, 0.5) is 0 Å². The highest BCUT2D eigenvalue weighted by Crippen LogP contribution is 2.20. The first-order valence-corrected chi connectivity index (χ1v) is 23.3. The normalized spacial score (nSPS) is 26.7. The van der Waals surface area contributed by atoms with Crippen LogP contribution in [0.5, 0.6) is 0 Å². The van der Waals surface area contributed by atoms with E-state index in [2.05, 4.69) is 46.3 Å². The van der Waals surface area contributed by atoms with Crippen LogP contribution in [0.1, 0.15) is 161 Å². The fraction of sp³-hybridized carbons (Fsp3) is 0.913. The third-order valence-electron chi connectivity index (χ3n) is 11.4. The molecule has 8 nitrogen and oxygen atoms in total. The number of rotatable bonds is 1. The molecular formula is C46H90N4O4. The minimum absolute atomic E-state index is 0.623. The molecule has 1 aliphatic carbocycles. The van der Waals surface area contributed by atoms with E-state index >= 15 is 0 Å². The average Bonchev–Trinajstić information content (AvgIpc) is 3.17. The van der Waals surface area contributed by atoms with Gasteiger partial charge in [-0.2, -0.15) is 0 Å². The van der Waals surface area contributed by atoms with E-state index in [9.17, 15) is 0 Å². The fourth-order valence-corrected chi connectivity index (χ4v) is 7.71. The first-order chi connectivity index (χ1) is 26.8. The van der Waals surface area contributed by atoms with Gasteiger partial charge in [-0.05, 0) is 72.0 Å². The molecule has 1 atom stereocenters. The first kappa shape index (κ1) is 49.0. The second-order valence-corrected chi connectivity index (χ2v) is 16.3. The molecule has 0 radical (unpaired) electrons. The number of ether oxygens (including phenoxy) is 4. The van der Waals surface area contributed by atoms with E-state index < -0.39 is 0 Å².